The van der Waals surface area contributed by atoms with E-state index >= 15 is 0 Å². The molecule has 5 aromatic rings. The number of hydrogen-bond acceptors (Lipinski definition) is 5. The van der Waals surface area contributed by atoms with Crippen molar-refractivity contribution >= 4 is 51.1 Å². The second-order valence-corrected chi connectivity index (χ2v) is 13.0. The average Bonchev–Trinajstić information content (AvgIpc) is 3.62. The number of amides is 1. The molecule has 1 aliphatic heterocycles. The molecule has 0 bridgehead atoms. The molecule has 1 aromatic heterocycles. The van der Waals surface area contributed by atoms with Gasteiger partial charge in [0.1, 0.15) is 16.7 Å². The topological polar surface area (TPSA) is 47.4 Å². The molecule has 0 radical (unpaired) electrons. The molecular formula is C38H37N3O2S2. The molecule has 0 saturated carbocycles. The Morgan fingerprint density at radius 3 is 2.47 bits per heavy atom. The van der Waals surface area contributed by atoms with Gasteiger partial charge in [-0.1, -0.05) is 118 Å². The summed E-state index contributed by atoms with van der Waals surface area (Å²) in [5.41, 5.74) is 4.69. The summed E-state index contributed by atoms with van der Waals surface area (Å²) in [7, 11) is 0. The van der Waals surface area contributed by atoms with Gasteiger partial charge in [0.05, 0.1) is 16.3 Å². The van der Waals surface area contributed by atoms with Crippen LogP contribution in [-0.4, -0.2) is 31.5 Å². The summed E-state index contributed by atoms with van der Waals surface area (Å²) in [6, 6.07) is 32.7. The standard InChI is InChI=1S/C38H37N3O2S2/c1-3-5-12-27(4-2)24-40-37(42)35(45-38(40)44)23-31-25-41(32-16-7-6-8-17-32)39-36(31)29-19-21-33(22-20-29)43-26-30-15-11-14-28-13-9-10-18-34(28)30/h6-11,13-23,25,27H,3-5,12,24,26H2,1-2H3/b35-23-/t27-/m1/s1. The number of carbonyl (C=O) groups excluding carboxylic acids is 1. The molecule has 2 heterocycles. The van der Waals surface area contributed by atoms with E-state index in [9.17, 15) is 4.79 Å². The molecule has 0 aliphatic carbocycles. The van der Waals surface area contributed by atoms with Crippen molar-refractivity contribution in [2.75, 3.05) is 6.54 Å². The van der Waals surface area contributed by atoms with Gasteiger partial charge in [-0.05, 0) is 71.1 Å². The smallest absolute Gasteiger partial charge is 0.266 e. The Bertz CT molecular complexity index is 1820. The lowest BCUT2D eigenvalue weighted by Gasteiger charge is -2.21. The van der Waals surface area contributed by atoms with E-state index in [1.54, 1.807) is 4.90 Å². The first-order chi connectivity index (χ1) is 22.0. The van der Waals surface area contributed by atoms with Crippen molar-refractivity contribution < 1.29 is 9.53 Å². The zero-order valence-electron chi connectivity index (χ0n) is 25.7. The summed E-state index contributed by atoms with van der Waals surface area (Å²) < 4.78 is 8.70. The number of aromatic nitrogens is 2. The molecule has 4 aromatic carbocycles. The van der Waals surface area contributed by atoms with Crippen LogP contribution in [0.4, 0.5) is 0 Å². The van der Waals surface area contributed by atoms with Crippen LogP contribution in [0.2, 0.25) is 0 Å². The Morgan fingerprint density at radius 1 is 0.933 bits per heavy atom. The van der Waals surface area contributed by atoms with Gasteiger partial charge in [0.15, 0.2) is 0 Å². The zero-order chi connectivity index (χ0) is 31.2. The van der Waals surface area contributed by atoms with Gasteiger partial charge in [0.2, 0.25) is 0 Å². The second kappa shape index (κ2) is 14.3. The van der Waals surface area contributed by atoms with Crippen LogP contribution in [0, 0.1) is 5.92 Å². The zero-order valence-corrected chi connectivity index (χ0v) is 27.3. The van der Waals surface area contributed by atoms with Gasteiger partial charge in [0.25, 0.3) is 5.91 Å². The fourth-order valence-corrected chi connectivity index (χ4v) is 6.96. The highest BCUT2D eigenvalue weighted by atomic mass is 32.2. The molecule has 0 unspecified atom stereocenters. The van der Waals surface area contributed by atoms with Gasteiger partial charge >= 0.3 is 0 Å². The van der Waals surface area contributed by atoms with Crippen LogP contribution >= 0.6 is 24.0 Å². The van der Waals surface area contributed by atoms with Crippen molar-refractivity contribution in [2.45, 2.75) is 46.1 Å². The first-order valence-corrected chi connectivity index (χ1v) is 16.9. The third-order valence-electron chi connectivity index (χ3n) is 8.31. The highest BCUT2D eigenvalue weighted by Crippen LogP contribution is 2.36. The Kier molecular flexibility index (Phi) is 9.77. The summed E-state index contributed by atoms with van der Waals surface area (Å²) >= 11 is 7.07. The van der Waals surface area contributed by atoms with Crippen LogP contribution in [0.1, 0.15) is 50.7 Å². The summed E-state index contributed by atoms with van der Waals surface area (Å²) in [5.74, 6) is 1.21. The number of unbranched alkanes of at least 4 members (excludes halogenated alkanes) is 1. The van der Waals surface area contributed by atoms with Crippen molar-refractivity contribution in [3.63, 3.8) is 0 Å². The van der Waals surface area contributed by atoms with Crippen LogP contribution in [0.25, 0.3) is 33.8 Å². The summed E-state index contributed by atoms with van der Waals surface area (Å²) in [4.78, 5) is 16.0. The quantitative estimate of drug-likeness (QED) is 0.101. The number of fused-ring (bicyclic) bond motifs is 1. The van der Waals surface area contributed by atoms with E-state index in [0.29, 0.717) is 28.3 Å². The van der Waals surface area contributed by atoms with Gasteiger partial charge in [-0.25, -0.2) is 4.68 Å². The van der Waals surface area contributed by atoms with Crippen LogP contribution in [0.5, 0.6) is 5.75 Å². The summed E-state index contributed by atoms with van der Waals surface area (Å²) in [6.45, 7) is 5.55. The van der Waals surface area contributed by atoms with Gasteiger partial charge < -0.3 is 4.74 Å². The maximum absolute atomic E-state index is 13.6. The molecule has 0 N–H and O–H groups in total. The van der Waals surface area contributed by atoms with Crippen molar-refractivity contribution in [2.24, 2.45) is 5.92 Å². The minimum atomic E-state index is -0.0180. The number of ether oxygens (including phenoxy) is 1. The van der Waals surface area contributed by atoms with Crippen molar-refractivity contribution in [3.8, 4) is 22.7 Å². The van der Waals surface area contributed by atoms with Crippen LogP contribution in [0.15, 0.2) is 108 Å². The fourth-order valence-electron chi connectivity index (χ4n) is 5.69. The molecule has 1 aliphatic rings. The minimum Gasteiger partial charge on any atom is -0.489 e. The molecule has 5 nitrogen and oxygen atoms in total. The molecule has 1 amide bonds. The Hall–Kier alpha value is -4.20. The van der Waals surface area contributed by atoms with E-state index < -0.39 is 0 Å². The molecule has 7 heteroatoms. The molecule has 1 saturated heterocycles. The van der Waals surface area contributed by atoms with Crippen molar-refractivity contribution in [3.05, 3.63) is 119 Å². The van der Waals surface area contributed by atoms with Gasteiger partial charge in [-0.3, -0.25) is 9.69 Å². The fraction of sp³-hybridized carbons (Fsp3) is 0.237. The first kappa shape index (κ1) is 30.8. The molecule has 45 heavy (non-hydrogen) atoms. The van der Waals surface area contributed by atoms with Gasteiger partial charge in [-0.15, -0.1) is 0 Å². The predicted molar refractivity (Wildman–Crippen MR) is 190 cm³/mol. The highest BCUT2D eigenvalue weighted by Gasteiger charge is 2.33. The number of rotatable bonds is 12. The SMILES string of the molecule is CCCC[C@@H](CC)CN1C(=O)/C(=C/c2cn(-c3ccccc3)nc2-c2ccc(OCc3cccc4ccccc34)cc2)SC1=S. The van der Waals surface area contributed by atoms with E-state index in [1.165, 1.54) is 22.5 Å². The molecule has 0 spiro atoms. The molecule has 228 valence electrons. The van der Waals surface area contributed by atoms with E-state index in [2.05, 4.69) is 56.3 Å². The Balaban J connectivity index is 1.26. The van der Waals surface area contributed by atoms with Crippen molar-refractivity contribution in [1.29, 1.82) is 0 Å². The van der Waals surface area contributed by atoms with Gasteiger partial charge in [0, 0.05) is 23.9 Å². The van der Waals surface area contributed by atoms with Gasteiger partial charge in [-0.2, -0.15) is 5.10 Å². The largest absolute Gasteiger partial charge is 0.489 e. The maximum atomic E-state index is 13.6. The van der Waals surface area contributed by atoms with Crippen LogP contribution in [-0.2, 0) is 11.4 Å². The lowest BCUT2D eigenvalue weighted by atomic mass is 9.99. The predicted octanol–water partition coefficient (Wildman–Crippen LogP) is 9.69. The number of thioether (sulfide) groups is 1. The minimum absolute atomic E-state index is 0.0180. The van der Waals surface area contributed by atoms with E-state index in [4.69, 9.17) is 22.1 Å². The normalized spacial score (nSPS) is 14.9. The third kappa shape index (κ3) is 7.05. The molecule has 6 rings (SSSR count). The number of hydrogen-bond donors (Lipinski definition) is 0. The van der Waals surface area contributed by atoms with Crippen LogP contribution in [0.3, 0.4) is 0 Å². The Morgan fingerprint density at radius 2 is 1.69 bits per heavy atom. The summed E-state index contributed by atoms with van der Waals surface area (Å²) in [5, 5.41) is 7.37. The average molecular weight is 632 g/mol. The number of para-hydroxylation sites is 1. The van der Waals surface area contributed by atoms with E-state index in [0.717, 1.165) is 59.5 Å². The maximum Gasteiger partial charge on any atom is 0.266 e. The lowest BCUT2D eigenvalue weighted by molar-refractivity contribution is -0.122. The van der Waals surface area contributed by atoms with E-state index in [-0.39, 0.29) is 5.91 Å². The number of carbonyl (C=O) groups is 1. The Labute approximate surface area is 274 Å². The number of nitrogens with zero attached hydrogens (tertiary/aromatic N) is 3. The number of thiocarbonyl (C=S) groups is 1. The molecule has 1 fully saturated rings. The second-order valence-electron chi connectivity index (χ2n) is 11.4. The lowest BCUT2D eigenvalue weighted by Crippen LogP contribution is -2.33. The van der Waals surface area contributed by atoms with Crippen LogP contribution < -0.4 is 4.74 Å². The molecule has 1 atom stereocenters. The summed E-state index contributed by atoms with van der Waals surface area (Å²) in [6.07, 6.45) is 8.39. The number of benzene rings is 4. The first-order valence-electron chi connectivity index (χ1n) is 15.6. The van der Waals surface area contributed by atoms with E-state index in [1.807, 2.05) is 71.6 Å². The monoisotopic (exact) mass is 631 g/mol. The third-order valence-corrected chi connectivity index (χ3v) is 9.69. The highest BCUT2D eigenvalue weighted by molar-refractivity contribution is 8.26. The molecular weight excluding hydrogens is 595 g/mol. The van der Waals surface area contributed by atoms with Crippen molar-refractivity contribution in [1.82, 2.24) is 14.7 Å².